The average molecular weight is 624 g/mol. The molecule has 0 radical (unpaired) electrons. The van der Waals surface area contributed by atoms with Crippen molar-refractivity contribution in [2.24, 2.45) is 0 Å². The smallest absolute Gasteiger partial charge is 0.220 e. The molecule has 1 amide bonds. The van der Waals surface area contributed by atoms with E-state index >= 15 is 0 Å². The summed E-state index contributed by atoms with van der Waals surface area (Å²) in [6.07, 6.45) is 38.8. The van der Waals surface area contributed by atoms with Crippen LogP contribution in [0.15, 0.2) is 12.2 Å². The van der Waals surface area contributed by atoms with Crippen molar-refractivity contribution < 1.29 is 20.1 Å². The summed E-state index contributed by atoms with van der Waals surface area (Å²) in [6, 6.07) is -0.819. The largest absolute Gasteiger partial charge is 0.394 e. The normalized spacial score (nSPS) is 13.8. The minimum atomic E-state index is -1.15. The van der Waals surface area contributed by atoms with Crippen LogP contribution in [0.1, 0.15) is 206 Å². The molecule has 0 rings (SSSR count). The molecule has 3 unspecified atom stereocenters. The van der Waals surface area contributed by atoms with E-state index in [2.05, 4.69) is 31.3 Å². The van der Waals surface area contributed by atoms with Crippen molar-refractivity contribution >= 4 is 5.91 Å². The van der Waals surface area contributed by atoms with Gasteiger partial charge in [0.25, 0.3) is 0 Å². The molecule has 0 saturated carbocycles. The summed E-state index contributed by atoms with van der Waals surface area (Å²) in [5.41, 5.74) is 0. The molecular weight excluding hydrogens is 546 g/mol. The number of carbonyl (C=O) groups excluding carboxylic acids is 1. The number of nitrogens with one attached hydrogen (secondary N) is 1. The van der Waals surface area contributed by atoms with Crippen LogP contribution < -0.4 is 5.32 Å². The third kappa shape index (κ3) is 29.8. The zero-order valence-corrected chi connectivity index (χ0v) is 29.6. The standard InChI is InChI=1S/C39H77NO4/c1-3-5-7-9-11-13-15-17-18-19-20-21-22-24-26-28-30-32-34-38(43)40-36(35-41)39(44)37(42)33-31-29-27-25-23-16-14-12-10-8-6-4-2/h25,27,36-37,39,41-42,44H,3-24,26,28-35H2,1-2H3,(H,40,43). The molecule has 0 spiro atoms. The lowest BCUT2D eigenvalue weighted by molar-refractivity contribution is -0.124. The molecule has 0 aromatic heterocycles. The molecule has 0 saturated heterocycles. The Morgan fingerprint density at radius 2 is 0.909 bits per heavy atom. The number of allylic oxidation sites excluding steroid dienone is 2. The number of amides is 1. The van der Waals surface area contributed by atoms with Crippen molar-refractivity contribution in [3.63, 3.8) is 0 Å². The van der Waals surface area contributed by atoms with E-state index in [1.54, 1.807) is 0 Å². The first-order valence-corrected chi connectivity index (χ1v) is 19.5. The lowest BCUT2D eigenvalue weighted by Crippen LogP contribution is -2.50. The van der Waals surface area contributed by atoms with Crippen molar-refractivity contribution in [3.05, 3.63) is 12.2 Å². The highest BCUT2D eigenvalue weighted by atomic mass is 16.3. The summed E-state index contributed by atoms with van der Waals surface area (Å²) in [5.74, 6) is -0.153. The minimum absolute atomic E-state index is 0.153. The number of hydrogen-bond acceptors (Lipinski definition) is 4. The minimum Gasteiger partial charge on any atom is -0.394 e. The van der Waals surface area contributed by atoms with Gasteiger partial charge in [-0.25, -0.2) is 0 Å². The van der Waals surface area contributed by atoms with E-state index in [0.29, 0.717) is 12.8 Å². The molecule has 0 heterocycles. The molecule has 0 fully saturated rings. The van der Waals surface area contributed by atoms with Crippen LogP contribution in [0.2, 0.25) is 0 Å². The van der Waals surface area contributed by atoms with Gasteiger partial charge in [-0.2, -0.15) is 0 Å². The van der Waals surface area contributed by atoms with Gasteiger partial charge in [0.1, 0.15) is 6.10 Å². The third-order valence-electron chi connectivity index (χ3n) is 9.12. The monoisotopic (exact) mass is 624 g/mol. The van der Waals surface area contributed by atoms with Crippen LogP contribution in [0.5, 0.6) is 0 Å². The van der Waals surface area contributed by atoms with E-state index < -0.39 is 18.2 Å². The SMILES string of the molecule is CCCCCCCCCC=CCCCC(O)C(O)C(CO)NC(=O)CCCCCCCCCCCCCCCCCCCC. The first-order valence-electron chi connectivity index (χ1n) is 19.5. The second kappa shape index (κ2) is 35.0. The Morgan fingerprint density at radius 3 is 1.32 bits per heavy atom. The van der Waals surface area contributed by atoms with E-state index in [9.17, 15) is 20.1 Å². The first kappa shape index (κ1) is 43.1. The van der Waals surface area contributed by atoms with Crippen LogP contribution in [0, 0.1) is 0 Å². The molecule has 5 nitrogen and oxygen atoms in total. The predicted octanol–water partition coefficient (Wildman–Crippen LogP) is 10.5. The molecule has 5 heteroatoms. The Labute approximate surface area is 274 Å². The van der Waals surface area contributed by atoms with E-state index in [4.69, 9.17) is 0 Å². The molecule has 0 bridgehead atoms. The number of aliphatic hydroxyl groups excluding tert-OH is 3. The molecule has 0 aliphatic rings. The fourth-order valence-corrected chi connectivity index (χ4v) is 6.04. The number of hydrogen-bond donors (Lipinski definition) is 4. The summed E-state index contributed by atoms with van der Waals surface area (Å²) in [7, 11) is 0. The van der Waals surface area contributed by atoms with Gasteiger partial charge in [-0.15, -0.1) is 0 Å². The van der Waals surface area contributed by atoms with Crippen molar-refractivity contribution in [1.29, 1.82) is 0 Å². The summed E-state index contributed by atoms with van der Waals surface area (Å²) in [4.78, 5) is 12.4. The van der Waals surface area contributed by atoms with Gasteiger partial charge in [0.15, 0.2) is 0 Å². The van der Waals surface area contributed by atoms with Gasteiger partial charge in [0, 0.05) is 6.42 Å². The maximum absolute atomic E-state index is 12.4. The van der Waals surface area contributed by atoms with Gasteiger partial charge in [0.05, 0.1) is 18.8 Å². The Morgan fingerprint density at radius 1 is 0.545 bits per heavy atom. The summed E-state index contributed by atoms with van der Waals surface area (Å²) < 4.78 is 0. The van der Waals surface area contributed by atoms with Crippen molar-refractivity contribution in [2.45, 2.75) is 225 Å². The lowest BCUT2D eigenvalue weighted by Gasteiger charge is -2.26. The predicted molar refractivity (Wildman–Crippen MR) is 190 cm³/mol. The van der Waals surface area contributed by atoms with Crippen LogP contribution in [0.25, 0.3) is 0 Å². The molecule has 0 aliphatic carbocycles. The van der Waals surface area contributed by atoms with Crippen LogP contribution in [0.4, 0.5) is 0 Å². The summed E-state index contributed by atoms with van der Waals surface area (Å²) in [5, 5.41) is 33.3. The Bertz CT molecular complexity index is 611. The molecule has 0 aromatic carbocycles. The zero-order chi connectivity index (χ0) is 32.4. The summed E-state index contributed by atoms with van der Waals surface area (Å²) in [6.45, 7) is 4.15. The van der Waals surface area contributed by atoms with Gasteiger partial charge in [0.2, 0.25) is 5.91 Å². The van der Waals surface area contributed by atoms with Crippen molar-refractivity contribution in [3.8, 4) is 0 Å². The van der Waals surface area contributed by atoms with Gasteiger partial charge in [-0.3, -0.25) is 4.79 Å². The van der Waals surface area contributed by atoms with E-state index in [0.717, 1.165) is 38.5 Å². The molecule has 262 valence electrons. The Hall–Kier alpha value is -0.910. The summed E-state index contributed by atoms with van der Waals surface area (Å²) >= 11 is 0. The van der Waals surface area contributed by atoms with Crippen LogP contribution in [-0.2, 0) is 4.79 Å². The fourth-order valence-electron chi connectivity index (χ4n) is 6.04. The molecule has 0 aromatic rings. The highest BCUT2D eigenvalue weighted by Gasteiger charge is 2.26. The van der Waals surface area contributed by atoms with Gasteiger partial charge >= 0.3 is 0 Å². The topological polar surface area (TPSA) is 89.8 Å². The van der Waals surface area contributed by atoms with Crippen LogP contribution in [-0.4, -0.2) is 46.1 Å². The van der Waals surface area contributed by atoms with Gasteiger partial charge < -0.3 is 20.6 Å². The van der Waals surface area contributed by atoms with E-state index in [1.807, 2.05) is 0 Å². The fraction of sp³-hybridized carbons (Fsp3) is 0.923. The van der Waals surface area contributed by atoms with Gasteiger partial charge in [-0.1, -0.05) is 174 Å². The van der Waals surface area contributed by atoms with Gasteiger partial charge in [-0.05, 0) is 38.5 Å². The maximum Gasteiger partial charge on any atom is 0.220 e. The second-order valence-corrected chi connectivity index (χ2v) is 13.5. The number of carbonyl (C=O) groups is 1. The molecule has 44 heavy (non-hydrogen) atoms. The van der Waals surface area contributed by atoms with E-state index in [-0.39, 0.29) is 12.5 Å². The Balaban J connectivity index is 3.66. The zero-order valence-electron chi connectivity index (χ0n) is 29.6. The number of unbranched alkanes of at least 4 members (excludes halogenated alkanes) is 25. The molecule has 4 N–H and O–H groups in total. The van der Waals surface area contributed by atoms with Crippen LogP contribution in [0.3, 0.4) is 0 Å². The number of aliphatic hydroxyl groups is 3. The maximum atomic E-state index is 12.4. The highest BCUT2D eigenvalue weighted by Crippen LogP contribution is 2.15. The lowest BCUT2D eigenvalue weighted by atomic mass is 10.0. The van der Waals surface area contributed by atoms with E-state index in [1.165, 1.54) is 141 Å². The average Bonchev–Trinajstić information content (AvgIpc) is 3.03. The van der Waals surface area contributed by atoms with Crippen LogP contribution >= 0.6 is 0 Å². The Kier molecular flexibility index (Phi) is 34.2. The third-order valence-corrected chi connectivity index (χ3v) is 9.12. The van der Waals surface area contributed by atoms with Crippen molar-refractivity contribution in [1.82, 2.24) is 5.32 Å². The second-order valence-electron chi connectivity index (χ2n) is 13.5. The molecular formula is C39H77NO4. The quantitative estimate of drug-likeness (QED) is 0.0418. The van der Waals surface area contributed by atoms with Crippen molar-refractivity contribution in [2.75, 3.05) is 6.61 Å². The highest BCUT2D eigenvalue weighted by molar-refractivity contribution is 5.76. The molecule has 0 aliphatic heterocycles. The first-order chi connectivity index (χ1) is 21.6. The molecule has 3 atom stereocenters. The number of rotatable bonds is 35.